The predicted octanol–water partition coefficient (Wildman–Crippen LogP) is 4.35. The molecule has 0 aliphatic heterocycles. The molecule has 0 bridgehead atoms. The highest BCUT2D eigenvalue weighted by atomic mass is 16.6. The summed E-state index contributed by atoms with van der Waals surface area (Å²) in [6, 6.07) is 17.8. The molecular weight excluding hydrogens is 434 g/mol. The molecule has 4 rings (SSSR count). The Hall–Kier alpha value is -4.37. The maximum Gasteiger partial charge on any atom is 0.414 e. The van der Waals surface area contributed by atoms with Crippen molar-refractivity contribution in [3.8, 4) is 22.9 Å². The van der Waals surface area contributed by atoms with Crippen molar-refractivity contribution in [3.63, 3.8) is 0 Å². The largest absolute Gasteiger partial charge is 0.497 e. The first-order valence-corrected chi connectivity index (χ1v) is 10.6. The number of methoxy groups -OCH3 is 1. The van der Waals surface area contributed by atoms with Crippen molar-refractivity contribution in [2.75, 3.05) is 19.0 Å². The van der Waals surface area contributed by atoms with E-state index in [-0.39, 0.29) is 12.5 Å². The fourth-order valence-electron chi connectivity index (χ4n) is 3.38. The SMILES string of the molecule is COc1cccc(Nc2ncc(C)c(-c3c[nH]c(OC(=O)NC(CO)c4ccccc4)c3)n2)c1. The third kappa shape index (κ3) is 5.51. The Balaban J connectivity index is 1.46. The second kappa shape index (κ2) is 10.5. The van der Waals surface area contributed by atoms with E-state index in [2.05, 4.69) is 25.6 Å². The summed E-state index contributed by atoms with van der Waals surface area (Å²) in [4.78, 5) is 24.3. The highest BCUT2D eigenvalue weighted by Crippen LogP contribution is 2.27. The summed E-state index contributed by atoms with van der Waals surface area (Å²) in [5, 5.41) is 15.5. The van der Waals surface area contributed by atoms with Gasteiger partial charge in [0.15, 0.2) is 0 Å². The molecule has 0 spiro atoms. The van der Waals surface area contributed by atoms with Crippen LogP contribution in [0.5, 0.6) is 11.6 Å². The molecule has 4 N–H and O–H groups in total. The number of aliphatic hydroxyl groups excluding tert-OH is 1. The third-order valence-corrected chi connectivity index (χ3v) is 5.11. The second-order valence-electron chi connectivity index (χ2n) is 7.51. The Morgan fingerprint density at radius 3 is 2.74 bits per heavy atom. The van der Waals surface area contributed by atoms with Gasteiger partial charge in [0.05, 0.1) is 25.5 Å². The lowest BCUT2D eigenvalue weighted by molar-refractivity contribution is 0.182. The number of benzene rings is 2. The van der Waals surface area contributed by atoms with Gasteiger partial charge in [0.25, 0.3) is 0 Å². The quantitative estimate of drug-likeness (QED) is 0.309. The fraction of sp³-hybridized carbons (Fsp3) is 0.160. The highest BCUT2D eigenvalue weighted by molar-refractivity contribution is 5.72. The summed E-state index contributed by atoms with van der Waals surface area (Å²) in [6.45, 7) is 1.65. The molecule has 4 aromatic rings. The number of hydrogen-bond acceptors (Lipinski definition) is 7. The van der Waals surface area contributed by atoms with E-state index >= 15 is 0 Å². The molecule has 34 heavy (non-hydrogen) atoms. The van der Waals surface area contributed by atoms with Crippen LogP contribution in [0.25, 0.3) is 11.3 Å². The number of aromatic amines is 1. The second-order valence-corrected chi connectivity index (χ2v) is 7.51. The minimum atomic E-state index is -0.684. The van der Waals surface area contributed by atoms with Gasteiger partial charge in [0.1, 0.15) is 5.75 Å². The molecular formula is C25H25N5O4. The molecule has 1 atom stereocenters. The number of nitrogens with one attached hydrogen (secondary N) is 3. The smallest absolute Gasteiger partial charge is 0.414 e. The number of aliphatic hydroxyl groups is 1. The maximum atomic E-state index is 12.4. The zero-order chi connectivity index (χ0) is 23.9. The van der Waals surface area contributed by atoms with Gasteiger partial charge in [0, 0.05) is 35.8 Å². The molecule has 0 aliphatic rings. The molecule has 0 aliphatic carbocycles. The van der Waals surface area contributed by atoms with Crippen LogP contribution < -0.4 is 20.1 Å². The lowest BCUT2D eigenvalue weighted by atomic mass is 10.1. The average Bonchev–Trinajstić information content (AvgIpc) is 3.32. The molecule has 0 saturated heterocycles. The van der Waals surface area contributed by atoms with E-state index in [1.165, 1.54) is 0 Å². The minimum absolute atomic E-state index is 0.248. The Labute approximate surface area is 196 Å². The van der Waals surface area contributed by atoms with E-state index in [4.69, 9.17) is 9.47 Å². The van der Waals surface area contributed by atoms with Gasteiger partial charge in [0.2, 0.25) is 11.8 Å². The molecule has 0 fully saturated rings. The predicted molar refractivity (Wildman–Crippen MR) is 128 cm³/mol. The maximum absolute atomic E-state index is 12.4. The number of carbonyl (C=O) groups excluding carboxylic acids is 1. The van der Waals surface area contributed by atoms with Crippen LogP contribution in [0.2, 0.25) is 0 Å². The number of hydrogen-bond donors (Lipinski definition) is 4. The number of aromatic nitrogens is 3. The fourth-order valence-corrected chi connectivity index (χ4v) is 3.38. The molecule has 1 amide bonds. The standard InChI is InChI=1S/C25H25N5O4/c1-16-13-27-24(28-19-9-6-10-20(12-19)33-2)30-23(16)18-11-22(26-14-18)34-25(32)29-21(15-31)17-7-4-3-5-8-17/h3-14,21,26,31H,15H2,1-2H3,(H,29,32)(H,27,28,30). The Morgan fingerprint density at radius 1 is 1.15 bits per heavy atom. The summed E-state index contributed by atoms with van der Waals surface area (Å²) in [6.07, 6.45) is 2.74. The Bertz CT molecular complexity index is 1260. The Morgan fingerprint density at radius 2 is 1.97 bits per heavy atom. The molecule has 2 aromatic carbocycles. The van der Waals surface area contributed by atoms with Crippen LogP contribution in [0.4, 0.5) is 16.4 Å². The molecule has 174 valence electrons. The van der Waals surface area contributed by atoms with Gasteiger partial charge in [-0.2, -0.15) is 0 Å². The van der Waals surface area contributed by atoms with Crippen molar-refractivity contribution in [1.82, 2.24) is 20.3 Å². The van der Waals surface area contributed by atoms with E-state index in [0.29, 0.717) is 11.6 Å². The third-order valence-electron chi connectivity index (χ3n) is 5.11. The van der Waals surface area contributed by atoms with E-state index in [9.17, 15) is 9.90 Å². The summed E-state index contributed by atoms with van der Waals surface area (Å²) in [5.41, 5.74) is 3.85. The lowest BCUT2D eigenvalue weighted by Crippen LogP contribution is -2.33. The summed E-state index contributed by atoms with van der Waals surface area (Å²) >= 11 is 0. The zero-order valence-electron chi connectivity index (χ0n) is 18.8. The number of aryl methyl sites for hydroxylation is 1. The zero-order valence-corrected chi connectivity index (χ0v) is 18.8. The van der Waals surface area contributed by atoms with E-state index < -0.39 is 12.1 Å². The topological polar surface area (TPSA) is 121 Å². The van der Waals surface area contributed by atoms with Crippen molar-refractivity contribution in [3.05, 3.63) is 84.2 Å². The Kier molecular flexibility index (Phi) is 7.04. The van der Waals surface area contributed by atoms with E-state index in [1.807, 2.05) is 61.5 Å². The van der Waals surface area contributed by atoms with Gasteiger partial charge in [-0.1, -0.05) is 36.4 Å². The van der Waals surface area contributed by atoms with Gasteiger partial charge in [-0.05, 0) is 30.2 Å². The molecule has 0 saturated carbocycles. The number of carbonyl (C=O) groups is 1. The van der Waals surface area contributed by atoms with Crippen molar-refractivity contribution >= 4 is 17.7 Å². The van der Waals surface area contributed by atoms with Crippen LogP contribution >= 0.6 is 0 Å². The van der Waals surface area contributed by atoms with Crippen LogP contribution in [0.1, 0.15) is 17.2 Å². The van der Waals surface area contributed by atoms with Crippen molar-refractivity contribution in [2.24, 2.45) is 0 Å². The first-order valence-electron chi connectivity index (χ1n) is 10.6. The number of ether oxygens (including phenoxy) is 2. The summed E-state index contributed by atoms with van der Waals surface area (Å²) in [5.74, 6) is 1.39. The minimum Gasteiger partial charge on any atom is -0.497 e. The number of H-pyrrole nitrogens is 1. The van der Waals surface area contributed by atoms with Crippen molar-refractivity contribution < 1.29 is 19.4 Å². The highest BCUT2D eigenvalue weighted by Gasteiger charge is 2.16. The van der Waals surface area contributed by atoms with Crippen LogP contribution in [-0.4, -0.2) is 39.9 Å². The molecule has 0 radical (unpaired) electrons. The number of rotatable bonds is 8. The number of amides is 1. The number of anilines is 2. The van der Waals surface area contributed by atoms with Gasteiger partial charge < -0.3 is 30.2 Å². The monoisotopic (exact) mass is 459 g/mol. The van der Waals surface area contributed by atoms with Gasteiger partial charge in [-0.15, -0.1) is 0 Å². The van der Waals surface area contributed by atoms with Crippen LogP contribution in [-0.2, 0) is 0 Å². The van der Waals surface area contributed by atoms with Crippen molar-refractivity contribution in [1.29, 1.82) is 0 Å². The van der Waals surface area contributed by atoms with E-state index in [0.717, 1.165) is 28.1 Å². The molecule has 1 unspecified atom stereocenters. The van der Waals surface area contributed by atoms with Crippen LogP contribution in [0.15, 0.2) is 73.1 Å². The normalized spacial score (nSPS) is 11.5. The first-order chi connectivity index (χ1) is 16.6. The molecule has 9 heteroatoms. The summed E-state index contributed by atoms with van der Waals surface area (Å²) < 4.78 is 10.6. The molecule has 2 aromatic heterocycles. The lowest BCUT2D eigenvalue weighted by Gasteiger charge is -2.15. The summed E-state index contributed by atoms with van der Waals surface area (Å²) in [7, 11) is 1.61. The van der Waals surface area contributed by atoms with E-state index in [1.54, 1.807) is 25.6 Å². The van der Waals surface area contributed by atoms with Crippen LogP contribution in [0, 0.1) is 6.92 Å². The first kappa shape index (κ1) is 22.8. The molecule has 9 nitrogen and oxygen atoms in total. The molecule has 2 heterocycles. The van der Waals surface area contributed by atoms with Crippen LogP contribution in [0.3, 0.4) is 0 Å². The van der Waals surface area contributed by atoms with Gasteiger partial charge in [-0.25, -0.2) is 14.8 Å². The van der Waals surface area contributed by atoms with Gasteiger partial charge >= 0.3 is 6.09 Å². The average molecular weight is 460 g/mol. The van der Waals surface area contributed by atoms with Gasteiger partial charge in [-0.3, -0.25) is 0 Å². The number of nitrogens with zero attached hydrogens (tertiary/aromatic N) is 2. The van der Waals surface area contributed by atoms with Crippen molar-refractivity contribution in [2.45, 2.75) is 13.0 Å².